The molecule has 146 valence electrons. The van der Waals surface area contributed by atoms with Crippen molar-refractivity contribution in [3.05, 3.63) is 71.9 Å². The van der Waals surface area contributed by atoms with Crippen molar-refractivity contribution >= 4 is 28.3 Å². The molecule has 0 N–H and O–H groups in total. The molecule has 0 atom stereocenters. The fourth-order valence-electron chi connectivity index (χ4n) is 3.01. The molecule has 0 fully saturated rings. The summed E-state index contributed by atoms with van der Waals surface area (Å²) in [6.07, 6.45) is 2.04. The van der Waals surface area contributed by atoms with Crippen molar-refractivity contribution in [2.75, 3.05) is 6.61 Å². The number of aromatic nitrogens is 1. The second-order valence-electron chi connectivity index (χ2n) is 6.59. The number of fused-ring (bicyclic) bond motifs is 1. The molecule has 3 aromatic carbocycles. The van der Waals surface area contributed by atoms with Crippen LogP contribution in [0.5, 0.6) is 5.75 Å². The molecule has 5 nitrogen and oxygen atoms in total. The Labute approximate surface area is 200 Å². The number of carboxylic acids is 1. The smallest absolute Gasteiger partial charge is 0.550 e. The number of hydrogen-bond acceptors (Lipinski definition) is 5. The fraction of sp³-hybridized carbons (Fsp3) is 0.130. The molecule has 0 amide bonds. The molecule has 7 heteroatoms. The van der Waals surface area contributed by atoms with E-state index in [-0.39, 0.29) is 36.0 Å². The standard InChI is InChI=1S/C23H18ClNO4.Na/c24-19-8-5-15(6-9-19)21-14-29-23(25-21)18-4-3-17-13-20(10-7-16(17)12-18)28-11-1-2-22(26)27;/h3-10,12-14H,1-2,11H2,(H,26,27);/q;+1/p-1. The van der Waals surface area contributed by atoms with Crippen LogP contribution >= 0.6 is 11.6 Å². The average Bonchev–Trinajstić information content (AvgIpc) is 3.21. The number of carboxylic acid groups (broad SMARTS) is 1. The Kier molecular flexibility index (Phi) is 7.56. The van der Waals surface area contributed by atoms with Crippen LogP contribution in [0.3, 0.4) is 0 Å². The van der Waals surface area contributed by atoms with Gasteiger partial charge in [-0.05, 0) is 60.0 Å². The molecule has 0 aliphatic carbocycles. The number of aliphatic carboxylic acids is 1. The number of carbonyl (C=O) groups excluding carboxylic acids is 1. The average molecular weight is 430 g/mol. The zero-order valence-corrected chi connectivity index (χ0v) is 19.2. The van der Waals surface area contributed by atoms with Gasteiger partial charge in [-0.3, -0.25) is 0 Å². The molecule has 30 heavy (non-hydrogen) atoms. The monoisotopic (exact) mass is 429 g/mol. The summed E-state index contributed by atoms with van der Waals surface area (Å²) in [5.74, 6) is 0.176. The molecule has 1 heterocycles. The number of benzene rings is 3. The quantitative estimate of drug-likeness (QED) is 0.330. The summed E-state index contributed by atoms with van der Waals surface area (Å²) in [4.78, 5) is 15.0. The second kappa shape index (κ2) is 10.1. The van der Waals surface area contributed by atoms with Crippen molar-refractivity contribution in [1.29, 1.82) is 0 Å². The summed E-state index contributed by atoms with van der Waals surface area (Å²) in [5.41, 5.74) is 2.56. The van der Waals surface area contributed by atoms with E-state index in [1.807, 2.05) is 60.7 Å². The van der Waals surface area contributed by atoms with Crippen LogP contribution in [0.4, 0.5) is 0 Å². The molecule has 0 saturated heterocycles. The molecule has 0 unspecified atom stereocenters. The first kappa shape index (κ1) is 22.4. The number of carbonyl (C=O) groups is 1. The third-order valence-electron chi connectivity index (χ3n) is 4.50. The van der Waals surface area contributed by atoms with Crippen LogP contribution in [0.25, 0.3) is 33.5 Å². The first-order valence-corrected chi connectivity index (χ1v) is 9.54. The van der Waals surface area contributed by atoms with Crippen molar-refractivity contribution in [3.8, 4) is 28.5 Å². The number of hydrogen-bond donors (Lipinski definition) is 0. The molecular weight excluding hydrogens is 413 g/mol. The number of halogens is 1. The van der Waals surface area contributed by atoms with E-state index in [1.54, 1.807) is 6.26 Å². The zero-order chi connectivity index (χ0) is 20.2. The van der Waals surface area contributed by atoms with Crippen molar-refractivity contribution in [3.63, 3.8) is 0 Å². The number of ether oxygens (including phenoxy) is 1. The van der Waals surface area contributed by atoms with E-state index in [9.17, 15) is 9.90 Å². The van der Waals surface area contributed by atoms with Crippen LogP contribution in [-0.4, -0.2) is 17.6 Å². The Hall–Kier alpha value is -2.31. The van der Waals surface area contributed by atoms with Crippen molar-refractivity contribution in [2.24, 2.45) is 0 Å². The van der Waals surface area contributed by atoms with Crippen LogP contribution in [-0.2, 0) is 4.79 Å². The minimum atomic E-state index is -1.06. The van der Waals surface area contributed by atoms with Gasteiger partial charge in [0.1, 0.15) is 17.7 Å². The first-order valence-electron chi connectivity index (χ1n) is 9.17. The van der Waals surface area contributed by atoms with E-state index >= 15 is 0 Å². The van der Waals surface area contributed by atoms with Gasteiger partial charge >= 0.3 is 29.6 Å². The second-order valence-corrected chi connectivity index (χ2v) is 7.03. The van der Waals surface area contributed by atoms with Gasteiger partial charge in [-0.25, -0.2) is 4.98 Å². The maximum absolute atomic E-state index is 10.4. The third kappa shape index (κ3) is 5.43. The van der Waals surface area contributed by atoms with E-state index in [2.05, 4.69) is 4.98 Å². The third-order valence-corrected chi connectivity index (χ3v) is 4.75. The molecule has 0 radical (unpaired) electrons. The number of oxazole rings is 1. The first-order chi connectivity index (χ1) is 14.1. The summed E-state index contributed by atoms with van der Waals surface area (Å²) < 4.78 is 11.3. The summed E-state index contributed by atoms with van der Waals surface area (Å²) >= 11 is 5.94. The Balaban J connectivity index is 0.00000256. The maximum atomic E-state index is 10.4. The minimum Gasteiger partial charge on any atom is -0.550 e. The van der Waals surface area contributed by atoms with Gasteiger partial charge in [0.05, 0.1) is 6.61 Å². The molecule has 4 rings (SSSR count). The Bertz CT molecular complexity index is 1160. The van der Waals surface area contributed by atoms with Crippen molar-refractivity contribution in [1.82, 2.24) is 4.98 Å². The fourth-order valence-corrected chi connectivity index (χ4v) is 3.14. The molecule has 0 bridgehead atoms. The Morgan fingerprint density at radius 2 is 1.70 bits per heavy atom. The zero-order valence-electron chi connectivity index (χ0n) is 16.4. The van der Waals surface area contributed by atoms with Gasteiger partial charge in [-0.1, -0.05) is 35.9 Å². The van der Waals surface area contributed by atoms with Gasteiger partial charge < -0.3 is 19.1 Å². The Morgan fingerprint density at radius 3 is 2.47 bits per heavy atom. The van der Waals surface area contributed by atoms with E-state index in [0.717, 1.165) is 27.6 Å². The topological polar surface area (TPSA) is 75.4 Å². The molecule has 1 aromatic heterocycles. The molecule has 0 saturated carbocycles. The summed E-state index contributed by atoms with van der Waals surface area (Å²) in [5, 5.41) is 13.2. The van der Waals surface area contributed by atoms with Gasteiger partial charge in [-0.15, -0.1) is 0 Å². The molecule has 0 aliphatic heterocycles. The normalized spacial score (nSPS) is 10.6. The van der Waals surface area contributed by atoms with E-state index < -0.39 is 5.97 Å². The van der Waals surface area contributed by atoms with Crippen molar-refractivity contribution < 1.29 is 48.6 Å². The van der Waals surface area contributed by atoms with E-state index in [1.165, 1.54) is 0 Å². The van der Waals surface area contributed by atoms with Crippen LogP contribution in [0.1, 0.15) is 12.8 Å². The van der Waals surface area contributed by atoms with Crippen LogP contribution in [0.2, 0.25) is 5.02 Å². The van der Waals surface area contributed by atoms with E-state index in [0.29, 0.717) is 29.7 Å². The van der Waals surface area contributed by atoms with Gasteiger partial charge in [0.2, 0.25) is 5.89 Å². The van der Waals surface area contributed by atoms with Gasteiger partial charge in [0.25, 0.3) is 0 Å². The molecule has 0 aliphatic rings. The van der Waals surface area contributed by atoms with Crippen molar-refractivity contribution in [2.45, 2.75) is 12.8 Å². The number of nitrogens with zero attached hydrogens (tertiary/aromatic N) is 1. The summed E-state index contributed by atoms with van der Waals surface area (Å²) in [6.45, 7) is 0.335. The minimum absolute atomic E-state index is 0. The van der Waals surface area contributed by atoms with Crippen LogP contribution in [0.15, 0.2) is 71.3 Å². The predicted molar refractivity (Wildman–Crippen MR) is 110 cm³/mol. The van der Waals surface area contributed by atoms with Gasteiger partial charge in [-0.2, -0.15) is 0 Å². The largest absolute Gasteiger partial charge is 1.00 e. The van der Waals surface area contributed by atoms with E-state index in [4.69, 9.17) is 20.8 Å². The van der Waals surface area contributed by atoms with Crippen LogP contribution in [0, 0.1) is 0 Å². The van der Waals surface area contributed by atoms with Gasteiger partial charge in [0.15, 0.2) is 0 Å². The summed E-state index contributed by atoms with van der Waals surface area (Å²) in [6, 6.07) is 19.1. The Morgan fingerprint density at radius 1 is 1.00 bits per heavy atom. The molecular formula is C23H17ClNNaO4. The number of rotatable bonds is 7. The van der Waals surface area contributed by atoms with Crippen LogP contribution < -0.4 is 39.4 Å². The van der Waals surface area contributed by atoms with Gasteiger partial charge in [0, 0.05) is 22.1 Å². The SMILES string of the molecule is O=C([O-])CCCOc1ccc2cc(-c3nc(-c4ccc(Cl)cc4)co3)ccc2c1.[Na+]. The molecule has 4 aromatic rings. The summed E-state index contributed by atoms with van der Waals surface area (Å²) in [7, 11) is 0. The predicted octanol–water partition coefficient (Wildman–Crippen LogP) is 1.73. The maximum Gasteiger partial charge on any atom is 1.00 e. The molecule has 0 spiro atoms.